The van der Waals surface area contributed by atoms with E-state index in [0.29, 0.717) is 43.5 Å². The number of hydrogen-bond donors (Lipinski definition) is 1. The van der Waals surface area contributed by atoms with Crippen LogP contribution >= 0.6 is 11.6 Å². The Morgan fingerprint density at radius 1 is 1.57 bits per heavy atom. The fourth-order valence-electron chi connectivity index (χ4n) is 2.18. The Balaban J connectivity index is 2.28. The highest BCUT2D eigenvalue weighted by molar-refractivity contribution is 7.89. The first-order chi connectivity index (χ1) is 9.95. The van der Waals surface area contributed by atoms with E-state index < -0.39 is 10.0 Å². The lowest BCUT2D eigenvalue weighted by Crippen LogP contribution is -2.36. The number of rotatable bonds is 4. The smallest absolute Gasteiger partial charge is 0.244 e. The number of hydrogen-bond acceptors (Lipinski definition) is 5. The molecule has 1 aliphatic rings. The second kappa shape index (κ2) is 6.91. The highest BCUT2D eigenvalue weighted by Crippen LogP contribution is 2.25. The number of pyridine rings is 1. The van der Waals surface area contributed by atoms with Crippen LogP contribution in [0.5, 0.6) is 0 Å². The molecule has 0 bridgehead atoms. The van der Waals surface area contributed by atoms with E-state index in [1.165, 1.54) is 16.6 Å². The van der Waals surface area contributed by atoms with E-state index in [1.54, 1.807) is 0 Å². The van der Waals surface area contributed by atoms with Crippen LogP contribution in [0.3, 0.4) is 0 Å². The average Bonchev–Trinajstić information content (AvgIpc) is 2.66. The molecule has 0 amide bonds. The Hall–Kier alpha value is -0.890. The van der Waals surface area contributed by atoms with Crippen molar-refractivity contribution in [2.45, 2.75) is 31.3 Å². The van der Waals surface area contributed by atoms with Gasteiger partial charge in [0.05, 0.1) is 11.1 Å². The van der Waals surface area contributed by atoms with Crippen LogP contribution in [0, 0.1) is 0 Å². The van der Waals surface area contributed by atoms with Gasteiger partial charge in [0.2, 0.25) is 10.0 Å². The van der Waals surface area contributed by atoms with Crippen molar-refractivity contribution in [1.82, 2.24) is 9.29 Å². The molecule has 2 heterocycles. The fraction of sp³-hybridized carbons (Fsp3) is 0.615. The SMILES string of the molecule is CCNc1ncc(S(=O)(=O)N2CCCOC(C)C2)cc1Cl. The lowest BCUT2D eigenvalue weighted by atomic mass is 10.4. The van der Waals surface area contributed by atoms with Crippen LogP contribution in [0.2, 0.25) is 5.02 Å². The Labute approximate surface area is 130 Å². The van der Waals surface area contributed by atoms with Gasteiger partial charge in [0.25, 0.3) is 0 Å². The number of nitrogens with zero attached hydrogens (tertiary/aromatic N) is 2. The second-order valence-electron chi connectivity index (χ2n) is 4.93. The quantitative estimate of drug-likeness (QED) is 0.912. The Morgan fingerprint density at radius 2 is 2.33 bits per heavy atom. The minimum atomic E-state index is -3.59. The normalized spacial score (nSPS) is 21.0. The highest BCUT2D eigenvalue weighted by atomic mass is 35.5. The van der Waals surface area contributed by atoms with Crippen LogP contribution in [0.4, 0.5) is 5.82 Å². The van der Waals surface area contributed by atoms with Crippen molar-refractivity contribution in [2.24, 2.45) is 0 Å². The van der Waals surface area contributed by atoms with Gasteiger partial charge in [0, 0.05) is 32.4 Å². The zero-order valence-electron chi connectivity index (χ0n) is 12.2. The Bertz CT molecular complexity index is 594. The van der Waals surface area contributed by atoms with Gasteiger partial charge in [-0.1, -0.05) is 11.6 Å². The predicted molar refractivity (Wildman–Crippen MR) is 82.2 cm³/mol. The summed E-state index contributed by atoms with van der Waals surface area (Å²) in [4.78, 5) is 4.21. The largest absolute Gasteiger partial charge is 0.377 e. The maximum atomic E-state index is 12.7. The monoisotopic (exact) mass is 333 g/mol. The molecule has 0 aliphatic carbocycles. The molecule has 1 unspecified atom stereocenters. The molecule has 1 aliphatic heterocycles. The van der Waals surface area contributed by atoms with Gasteiger partial charge in [-0.05, 0) is 26.3 Å². The molecule has 0 spiro atoms. The summed E-state index contributed by atoms with van der Waals surface area (Å²) in [7, 11) is -3.59. The average molecular weight is 334 g/mol. The summed E-state index contributed by atoms with van der Waals surface area (Å²) in [6.07, 6.45) is 1.90. The molecule has 8 heteroatoms. The van der Waals surface area contributed by atoms with Gasteiger partial charge in [0.15, 0.2) is 0 Å². The van der Waals surface area contributed by atoms with Crippen molar-refractivity contribution in [1.29, 1.82) is 0 Å². The molecule has 0 aromatic carbocycles. The van der Waals surface area contributed by atoms with Crippen LogP contribution in [0.15, 0.2) is 17.2 Å². The van der Waals surface area contributed by atoms with Crippen LogP contribution < -0.4 is 5.32 Å². The molecule has 1 atom stereocenters. The molecule has 21 heavy (non-hydrogen) atoms. The molecule has 1 aromatic rings. The lowest BCUT2D eigenvalue weighted by Gasteiger charge is -2.21. The second-order valence-corrected chi connectivity index (χ2v) is 7.27. The van der Waals surface area contributed by atoms with E-state index >= 15 is 0 Å². The van der Waals surface area contributed by atoms with Gasteiger partial charge >= 0.3 is 0 Å². The molecule has 0 radical (unpaired) electrons. The maximum absolute atomic E-state index is 12.7. The molecule has 1 N–H and O–H groups in total. The minimum Gasteiger partial charge on any atom is -0.377 e. The van der Waals surface area contributed by atoms with E-state index in [0.717, 1.165) is 0 Å². The third-order valence-electron chi connectivity index (χ3n) is 3.21. The molecule has 1 fully saturated rings. The molecule has 118 valence electrons. The van der Waals surface area contributed by atoms with Crippen LogP contribution in [-0.2, 0) is 14.8 Å². The van der Waals surface area contributed by atoms with Gasteiger partial charge in [0.1, 0.15) is 10.7 Å². The van der Waals surface area contributed by atoms with Gasteiger partial charge in [-0.15, -0.1) is 0 Å². The van der Waals surface area contributed by atoms with Gasteiger partial charge in [-0.2, -0.15) is 4.31 Å². The van der Waals surface area contributed by atoms with Crippen molar-refractivity contribution in [3.8, 4) is 0 Å². The topological polar surface area (TPSA) is 71.5 Å². The fourth-order valence-corrected chi connectivity index (χ4v) is 4.01. The van der Waals surface area contributed by atoms with E-state index in [-0.39, 0.29) is 11.0 Å². The molecular weight excluding hydrogens is 314 g/mol. The van der Waals surface area contributed by atoms with Crippen molar-refractivity contribution in [3.63, 3.8) is 0 Å². The zero-order valence-corrected chi connectivity index (χ0v) is 13.7. The Morgan fingerprint density at radius 3 is 3.00 bits per heavy atom. The summed E-state index contributed by atoms with van der Waals surface area (Å²) in [6, 6.07) is 1.44. The molecule has 1 saturated heterocycles. The van der Waals surface area contributed by atoms with E-state index in [1.807, 2.05) is 13.8 Å². The molecule has 6 nitrogen and oxygen atoms in total. The summed E-state index contributed by atoms with van der Waals surface area (Å²) in [5, 5.41) is 3.28. The zero-order chi connectivity index (χ0) is 15.5. The number of sulfonamides is 1. The predicted octanol–water partition coefficient (Wildman–Crippen LogP) is 1.97. The first-order valence-corrected chi connectivity index (χ1v) is 8.78. The maximum Gasteiger partial charge on any atom is 0.244 e. The minimum absolute atomic E-state index is 0.114. The van der Waals surface area contributed by atoms with Crippen molar-refractivity contribution in [3.05, 3.63) is 17.3 Å². The number of anilines is 1. The van der Waals surface area contributed by atoms with Crippen molar-refractivity contribution < 1.29 is 13.2 Å². The van der Waals surface area contributed by atoms with Gasteiger partial charge in [-0.25, -0.2) is 13.4 Å². The third kappa shape index (κ3) is 3.85. The summed E-state index contributed by atoms with van der Waals surface area (Å²) >= 11 is 6.08. The standard InChI is InChI=1S/C13H20ClN3O3S/c1-3-15-13-12(14)7-11(8-16-13)21(18,19)17-5-4-6-20-10(2)9-17/h7-8,10H,3-6,9H2,1-2H3,(H,15,16). The molecule has 1 aromatic heterocycles. The lowest BCUT2D eigenvalue weighted by molar-refractivity contribution is 0.0752. The number of halogens is 1. The van der Waals surface area contributed by atoms with E-state index in [9.17, 15) is 8.42 Å². The summed E-state index contributed by atoms with van der Waals surface area (Å²) in [5.41, 5.74) is 0. The summed E-state index contributed by atoms with van der Waals surface area (Å²) in [5.74, 6) is 0.491. The summed E-state index contributed by atoms with van der Waals surface area (Å²) < 4.78 is 32.2. The number of ether oxygens (including phenoxy) is 1. The van der Waals surface area contributed by atoms with Crippen molar-refractivity contribution in [2.75, 3.05) is 31.6 Å². The highest BCUT2D eigenvalue weighted by Gasteiger charge is 2.28. The first-order valence-electron chi connectivity index (χ1n) is 6.96. The van der Waals surface area contributed by atoms with Crippen LogP contribution in [0.1, 0.15) is 20.3 Å². The number of aromatic nitrogens is 1. The van der Waals surface area contributed by atoms with Crippen LogP contribution in [0.25, 0.3) is 0 Å². The number of nitrogens with one attached hydrogen (secondary N) is 1. The molecular formula is C13H20ClN3O3S. The molecule has 0 saturated carbocycles. The Kier molecular flexibility index (Phi) is 5.43. The van der Waals surface area contributed by atoms with Crippen molar-refractivity contribution >= 4 is 27.4 Å². The van der Waals surface area contributed by atoms with Gasteiger partial charge < -0.3 is 10.1 Å². The molecule has 2 rings (SSSR count). The van der Waals surface area contributed by atoms with Gasteiger partial charge in [-0.3, -0.25) is 0 Å². The van der Waals surface area contributed by atoms with Crippen LogP contribution in [-0.4, -0.2) is 50.1 Å². The van der Waals surface area contributed by atoms with E-state index in [4.69, 9.17) is 16.3 Å². The van der Waals surface area contributed by atoms with E-state index in [2.05, 4.69) is 10.3 Å². The third-order valence-corrected chi connectivity index (χ3v) is 5.33. The summed E-state index contributed by atoms with van der Waals surface area (Å²) in [6.45, 7) is 5.81. The first kappa shape index (κ1) is 16.5.